The van der Waals surface area contributed by atoms with Crippen molar-refractivity contribution in [1.29, 1.82) is 0 Å². The van der Waals surface area contributed by atoms with Crippen LogP contribution in [0.4, 0.5) is 16.2 Å². The maximum atomic E-state index is 12.4. The number of urea groups is 1. The van der Waals surface area contributed by atoms with Crippen LogP contribution in [-0.2, 0) is 0 Å². The molecule has 0 N–H and O–H groups in total. The Morgan fingerprint density at radius 1 is 1.40 bits per heavy atom. The van der Waals surface area contributed by atoms with Crippen molar-refractivity contribution >= 4 is 33.3 Å². The van der Waals surface area contributed by atoms with Gasteiger partial charge in [0.15, 0.2) is 0 Å². The Hall–Kier alpha value is -1.63. The van der Waals surface area contributed by atoms with Gasteiger partial charge in [-0.25, -0.2) is 4.79 Å². The number of anilines is 1. The Balaban J connectivity index is 2.58. The van der Waals surface area contributed by atoms with Crippen LogP contribution in [0.25, 0.3) is 0 Å². The second kappa shape index (κ2) is 5.05. The number of nitro benzene ring substituents is 1. The zero-order valence-electron chi connectivity index (χ0n) is 11.6. The number of nitro groups is 1. The predicted molar refractivity (Wildman–Crippen MR) is 80.0 cm³/mol. The molecule has 108 valence electrons. The van der Waals surface area contributed by atoms with E-state index in [9.17, 15) is 14.9 Å². The molecule has 20 heavy (non-hydrogen) atoms. The third-order valence-corrected chi connectivity index (χ3v) is 4.05. The SMILES string of the molecule is CN1CCC(C)(C)N(c2ccc(Br)cc2[N+](=O)[O-])C1=O. The lowest BCUT2D eigenvalue weighted by Gasteiger charge is -2.45. The van der Waals surface area contributed by atoms with Crippen LogP contribution in [0.15, 0.2) is 22.7 Å². The highest BCUT2D eigenvalue weighted by molar-refractivity contribution is 9.10. The Kier molecular flexibility index (Phi) is 3.73. The lowest BCUT2D eigenvalue weighted by Crippen LogP contribution is -2.58. The van der Waals surface area contributed by atoms with Gasteiger partial charge in [0.05, 0.1) is 4.92 Å². The molecule has 2 rings (SSSR count). The normalized spacial score (nSPS) is 18.3. The second-order valence-corrected chi connectivity index (χ2v) is 6.41. The number of carbonyl (C=O) groups is 1. The van der Waals surface area contributed by atoms with E-state index >= 15 is 0 Å². The number of rotatable bonds is 2. The molecule has 0 aromatic heterocycles. The van der Waals surface area contributed by atoms with Gasteiger partial charge < -0.3 is 4.90 Å². The summed E-state index contributed by atoms with van der Waals surface area (Å²) in [5.41, 5.74) is -0.196. The summed E-state index contributed by atoms with van der Waals surface area (Å²) in [5, 5.41) is 11.2. The molecule has 0 radical (unpaired) electrons. The molecule has 1 heterocycles. The van der Waals surface area contributed by atoms with Crippen molar-refractivity contribution in [2.45, 2.75) is 25.8 Å². The highest BCUT2D eigenvalue weighted by atomic mass is 79.9. The fourth-order valence-electron chi connectivity index (χ4n) is 2.34. The zero-order valence-corrected chi connectivity index (χ0v) is 13.2. The first kappa shape index (κ1) is 14.8. The molecule has 0 bridgehead atoms. The number of amides is 2. The Bertz CT molecular complexity index is 574. The van der Waals surface area contributed by atoms with Gasteiger partial charge in [0.2, 0.25) is 0 Å². The van der Waals surface area contributed by atoms with Gasteiger partial charge in [-0.05, 0) is 32.4 Å². The van der Waals surface area contributed by atoms with Crippen molar-refractivity contribution in [3.8, 4) is 0 Å². The molecule has 0 saturated carbocycles. The molecule has 1 aromatic rings. The largest absolute Gasteiger partial charge is 0.327 e. The molecule has 0 spiro atoms. The van der Waals surface area contributed by atoms with Gasteiger partial charge in [0.1, 0.15) is 5.69 Å². The standard InChI is InChI=1S/C13H16BrN3O3/c1-13(2)6-7-15(3)12(18)16(13)10-5-4-9(14)8-11(10)17(19)20/h4-5,8H,6-7H2,1-3H3. The maximum absolute atomic E-state index is 12.4. The molecule has 0 unspecified atom stereocenters. The summed E-state index contributed by atoms with van der Waals surface area (Å²) in [6.07, 6.45) is 0.752. The number of carbonyl (C=O) groups excluding carboxylic acids is 1. The quantitative estimate of drug-likeness (QED) is 0.611. The first-order valence-corrected chi connectivity index (χ1v) is 7.02. The second-order valence-electron chi connectivity index (χ2n) is 5.49. The molecule has 1 saturated heterocycles. The average Bonchev–Trinajstić information content (AvgIpc) is 2.36. The maximum Gasteiger partial charge on any atom is 0.324 e. The molecule has 2 amide bonds. The fourth-order valence-corrected chi connectivity index (χ4v) is 2.69. The minimum atomic E-state index is -0.460. The molecule has 0 atom stereocenters. The summed E-state index contributed by atoms with van der Waals surface area (Å²) in [7, 11) is 1.70. The van der Waals surface area contributed by atoms with Gasteiger partial charge in [-0.15, -0.1) is 0 Å². The average molecular weight is 342 g/mol. The minimum Gasteiger partial charge on any atom is -0.327 e. The smallest absolute Gasteiger partial charge is 0.324 e. The van der Waals surface area contributed by atoms with E-state index in [1.165, 1.54) is 11.0 Å². The van der Waals surface area contributed by atoms with Gasteiger partial charge in [0, 0.05) is 29.7 Å². The summed E-state index contributed by atoms with van der Waals surface area (Å²) in [4.78, 5) is 26.3. The van der Waals surface area contributed by atoms with Gasteiger partial charge in [-0.1, -0.05) is 15.9 Å². The molecule has 7 heteroatoms. The lowest BCUT2D eigenvalue weighted by molar-refractivity contribution is -0.384. The van der Waals surface area contributed by atoms with Crippen molar-refractivity contribution in [3.63, 3.8) is 0 Å². The minimum absolute atomic E-state index is 0.0731. The van der Waals surface area contributed by atoms with E-state index in [0.717, 1.165) is 6.42 Å². The fraction of sp³-hybridized carbons (Fsp3) is 0.462. The number of nitrogens with zero attached hydrogens (tertiary/aromatic N) is 3. The summed E-state index contributed by atoms with van der Waals surface area (Å²) in [6, 6.07) is 4.53. The van der Waals surface area contributed by atoms with Gasteiger partial charge in [-0.2, -0.15) is 0 Å². The molecular weight excluding hydrogens is 326 g/mol. The lowest BCUT2D eigenvalue weighted by atomic mass is 9.94. The van der Waals surface area contributed by atoms with Gasteiger partial charge >= 0.3 is 6.03 Å². The number of hydrogen-bond donors (Lipinski definition) is 0. The molecule has 0 aliphatic carbocycles. The van der Waals surface area contributed by atoms with Crippen LogP contribution >= 0.6 is 15.9 Å². The van der Waals surface area contributed by atoms with E-state index in [4.69, 9.17) is 0 Å². The molecule has 1 fully saturated rings. The Labute approximate surface area is 125 Å². The third kappa shape index (κ3) is 2.49. The summed E-state index contributed by atoms with van der Waals surface area (Å²) >= 11 is 3.23. The summed E-state index contributed by atoms with van der Waals surface area (Å²) in [5.74, 6) is 0. The Morgan fingerprint density at radius 3 is 2.65 bits per heavy atom. The number of halogens is 1. The molecule has 1 aromatic carbocycles. The highest BCUT2D eigenvalue weighted by Gasteiger charge is 2.41. The van der Waals surface area contributed by atoms with E-state index in [0.29, 0.717) is 16.7 Å². The predicted octanol–water partition coefficient (Wildman–Crippen LogP) is 3.40. The monoisotopic (exact) mass is 341 g/mol. The van der Waals surface area contributed by atoms with Crippen molar-refractivity contribution in [2.24, 2.45) is 0 Å². The Morgan fingerprint density at radius 2 is 2.05 bits per heavy atom. The summed E-state index contributed by atoms with van der Waals surface area (Å²) in [6.45, 7) is 4.49. The van der Waals surface area contributed by atoms with Crippen LogP contribution in [0, 0.1) is 10.1 Å². The van der Waals surface area contributed by atoms with Crippen LogP contribution in [-0.4, -0.2) is 35.0 Å². The van der Waals surface area contributed by atoms with Crippen LogP contribution in [0.3, 0.4) is 0 Å². The van der Waals surface area contributed by atoms with Crippen LogP contribution < -0.4 is 4.90 Å². The molecule has 1 aliphatic heterocycles. The van der Waals surface area contributed by atoms with Crippen LogP contribution in [0.5, 0.6) is 0 Å². The van der Waals surface area contributed by atoms with E-state index < -0.39 is 10.5 Å². The van der Waals surface area contributed by atoms with Crippen molar-refractivity contribution in [3.05, 3.63) is 32.8 Å². The topological polar surface area (TPSA) is 66.7 Å². The van der Waals surface area contributed by atoms with Gasteiger partial charge in [0.25, 0.3) is 5.69 Å². The first-order valence-electron chi connectivity index (χ1n) is 6.23. The molecular formula is C13H16BrN3O3. The van der Waals surface area contributed by atoms with Crippen LogP contribution in [0.2, 0.25) is 0 Å². The molecule has 1 aliphatic rings. The molecule has 6 nitrogen and oxygen atoms in total. The highest BCUT2D eigenvalue weighted by Crippen LogP contribution is 2.38. The van der Waals surface area contributed by atoms with E-state index in [-0.39, 0.29) is 11.7 Å². The number of benzene rings is 1. The van der Waals surface area contributed by atoms with Gasteiger partial charge in [-0.3, -0.25) is 15.0 Å². The van der Waals surface area contributed by atoms with Crippen molar-refractivity contribution in [1.82, 2.24) is 4.90 Å². The van der Waals surface area contributed by atoms with E-state index in [2.05, 4.69) is 15.9 Å². The van der Waals surface area contributed by atoms with Crippen LogP contribution in [0.1, 0.15) is 20.3 Å². The summed E-state index contributed by atoms with van der Waals surface area (Å²) < 4.78 is 0.614. The van der Waals surface area contributed by atoms with E-state index in [1.54, 1.807) is 24.1 Å². The zero-order chi connectivity index (χ0) is 15.1. The number of hydrogen-bond acceptors (Lipinski definition) is 3. The van der Waals surface area contributed by atoms with Crippen molar-refractivity contribution < 1.29 is 9.72 Å². The first-order chi connectivity index (χ1) is 9.24. The third-order valence-electron chi connectivity index (χ3n) is 3.56. The van der Waals surface area contributed by atoms with E-state index in [1.807, 2.05) is 13.8 Å². The van der Waals surface area contributed by atoms with Crippen molar-refractivity contribution in [2.75, 3.05) is 18.5 Å².